The molecule has 1 heterocycles. The van der Waals surface area contributed by atoms with Gasteiger partial charge >= 0.3 is 0 Å². The van der Waals surface area contributed by atoms with Gasteiger partial charge in [0.2, 0.25) is 0 Å². The van der Waals surface area contributed by atoms with Crippen LogP contribution in [0.4, 0.5) is 0 Å². The quantitative estimate of drug-likeness (QED) is 0.678. The first kappa shape index (κ1) is 11.2. The normalized spacial score (nSPS) is 9.08. The van der Waals surface area contributed by atoms with Crippen molar-refractivity contribution < 1.29 is 4.74 Å². The van der Waals surface area contributed by atoms with E-state index in [-0.39, 0.29) is 0 Å². The maximum Gasteiger partial charge on any atom is 0.0910 e. The molecule has 1 rings (SSSR count). The molecule has 0 unspecified atom stereocenters. The van der Waals surface area contributed by atoms with Gasteiger partial charge in [0.25, 0.3) is 0 Å². The number of methoxy groups -OCH3 is 1. The Morgan fingerprint density at radius 3 is 2.42 bits per heavy atom. The largest absolute Gasteiger partial charge is 0.378 e. The van der Waals surface area contributed by atoms with Crippen molar-refractivity contribution >= 4 is 0 Å². The van der Waals surface area contributed by atoms with Gasteiger partial charge in [-0.05, 0) is 12.5 Å². The fraction of sp³-hybridized carbons (Fsp3) is 0.667. The van der Waals surface area contributed by atoms with Crippen molar-refractivity contribution in [1.29, 1.82) is 0 Å². The third-order valence-electron chi connectivity index (χ3n) is 1.40. The summed E-state index contributed by atoms with van der Waals surface area (Å²) in [7, 11) is 3.58. The van der Waals surface area contributed by atoms with Crippen LogP contribution >= 0.6 is 0 Å². The molecule has 1 aromatic heterocycles. The Balaban J connectivity index is 0.000000561. The minimum atomic E-state index is 0.604. The van der Waals surface area contributed by atoms with E-state index < -0.39 is 0 Å². The molecule has 0 fully saturated rings. The zero-order valence-corrected chi connectivity index (χ0v) is 8.59. The molecule has 0 aliphatic carbocycles. The van der Waals surface area contributed by atoms with Crippen molar-refractivity contribution in [2.75, 3.05) is 7.11 Å². The first-order valence-corrected chi connectivity index (χ1v) is 4.22. The molecule has 0 saturated heterocycles. The minimum Gasteiger partial charge on any atom is -0.378 e. The van der Waals surface area contributed by atoms with Crippen molar-refractivity contribution in [2.45, 2.75) is 27.4 Å². The van der Waals surface area contributed by atoms with Crippen molar-refractivity contribution in [1.82, 2.24) is 9.78 Å². The molecular formula is C9H18N2O. The Hall–Kier alpha value is -0.830. The van der Waals surface area contributed by atoms with Gasteiger partial charge in [-0.25, -0.2) is 0 Å². The minimum absolute atomic E-state index is 0.604. The predicted molar refractivity (Wildman–Crippen MR) is 50.0 cm³/mol. The van der Waals surface area contributed by atoms with Crippen LogP contribution in [0.2, 0.25) is 0 Å². The SMILES string of the molecule is CC.COCc1nn(C)cc1C. The molecule has 0 aliphatic heterocycles. The molecule has 0 radical (unpaired) electrons. The summed E-state index contributed by atoms with van der Waals surface area (Å²) in [4.78, 5) is 0. The van der Waals surface area contributed by atoms with Gasteiger partial charge in [0.1, 0.15) is 0 Å². The average Bonchev–Trinajstić information content (AvgIpc) is 2.35. The molecular weight excluding hydrogens is 152 g/mol. The molecule has 70 valence electrons. The molecule has 12 heavy (non-hydrogen) atoms. The number of rotatable bonds is 2. The Morgan fingerprint density at radius 1 is 1.50 bits per heavy atom. The number of nitrogens with zero attached hydrogens (tertiary/aromatic N) is 2. The van der Waals surface area contributed by atoms with E-state index in [1.54, 1.807) is 11.8 Å². The van der Waals surface area contributed by atoms with Crippen LogP contribution in [0, 0.1) is 6.92 Å². The topological polar surface area (TPSA) is 27.1 Å². The summed E-state index contributed by atoms with van der Waals surface area (Å²) in [6, 6.07) is 0. The maximum absolute atomic E-state index is 4.95. The first-order chi connectivity index (χ1) is 5.74. The highest BCUT2D eigenvalue weighted by molar-refractivity contribution is 5.13. The standard InChI is InChI=1S/C7H12N2O.C2H6/c1-6-4-9(2)8-7(6)5-10-3;1-2/h4H,5H2,1-3H3;1-2H3. The number of aryl methyl sites for hydroxylation is 2. The van der Waals surface area contributed by atoms with E-state index in [2.05, 4.69) is 5.10 Å². The molecule has 0 amide bonds. The van der Waals surface area contributed by atoms with E-state index in [1.807, 2.05) is 34.0 Å². The molecule has 1 aromatic rings. The van der Waals surface area contributed by atoms with E-state index >= 15 is 0 Å². The van der Waals surface area contributed by atoms with Crippen molar-refractivity contribution in [3.63, 3.8) is 0 Å². The summed E-state index contributed by atoms with van der Waals surface area (Å²) < 4.78 is 6.74. The van der Waals surface area contributed by atoms with Crippen LogP contribution in [0.3, 0.4) is 0 Å². The lowest BCUT2D eigenvalue weighted by Gasteiger charge is -1.92. The fourth-order valence-electron chi connectivity index (χ4n) is 0.932. The zero-order chi connectivity index (χ0) is 9.56. The highest BCUT2D eigenvalue weighted by Crippen LogP contribution is 2.04. The van der Waals surface area contributed by atoms with Gasteiger partial charge < -0.3 is 4.74 Å². The third-order valence-corrected chi connectivity index (χ3v) is 1.40. The lowest BCUT2D eigenvalue weighted by molar-refractivity contribution is 0.180. The lowest BCUT2D eigenvalue weighted by atomic mass is 10.3. The van der Waals surface area contributed by atoms with E-state index in [0.29, 0.717) is 6.61 Å². The molecule has 0 aliphatic rings. The number of ether oxygens (including phenoxy) is 1. The zero-order valence-electron chi connectivity index (χ0n) is 8.59. The van der Waals surface area contributed by atoms with Gasteiger partial charge in [-0.1, -0.05) is 13.8 Å². The van der Waals surface area contributed by atoms with Crippen molar-refractivity contribution in [3.8, 4) is 0 Å². The summed E-state index contributed by atoms with van der Waals surface area (Å²) in [6.07, 6.45) is 1.98. The molecule has 0 N–H and O–H groups in total. The third kappa shape index (κ3) is 3.05. The molecule has 0 saturated carbocycles. The van der Waals surface area contributed by atoms with Gasteiger partial charge in [0, 0.05) is 20.4 Å². The van der Waals surface area contributed by atoms with Crippen LogP contribution in [0.25, 0.3) is 0 Å². The summed E-state index contributed by atoms with van der Waals surface area (Å²) in [5.74, 6) is 0. The molecule has 0 atom stereocenters. The number of hydrogen-bond acceptors (Lipinski definition) is 2. The van der Waals surface area contributed by atoms with Gasteiger partial charge in [0.15, 0.2) is 0 Å². The molecule has 3 heteroatoms. The predicted octanol–water partition coefficient (Wildman–Crippen LogP) is 1.90. The van der Waals surface area contributed by atoms with Crippen LogP contribution < -0.4 is 0 Å². The molecule has 3 nitrogen and oxygen atoms in total. The summed E-state index contributed by atoms with van der Waals surface area (Å²) in [5, 5.41) is 4.19. The van der Waals surface area contributed by atoms with E-state index in [4.69, 9.17) is 4.74 Å². The van der Waals surface area contributed by atoms with Crippen LogP contribution in [0.15, 0.2) is 6.20 Å². The van der Waals surface area contributed by atoms with Gasteiger partial charge in [-0.15, -0.1) is 0 Å². The van der Waals surface area contributed by atoms with Crippen LogP contribution in [0.5, 0.6) is 0 Å². The fourth-order valence-corrected chi connectivity index (χ4v) is 0.932. The number of aromatic nitrogens is 2. The van der Waals surface area contributed by atoms with Gasteiger partial charge in [0.05, 0.1) is 12.3 Å². The monoisotopic (exact) mass is 170 g/mol. The van der Waals surface area contributed by atoms with Crippen LogP contribution in [0.1, 0.15) is 25.1 Å². The first-order valence-electron chi connectivity index (χ1n) is 4.22. The van der Waals surface area contributed by atoms with E-state index in [9.17, 15) is 0 Å². The maximum atomic E-state index is 4.95. The highest BCUT2D eigenvalue weighted by atomic mass is 16.5. The molecule has 0 spiro atoms. The number of hydrogen-bond donors (Lipinski definition) is 0. The lowest BCUT2D eigenvalue weighted by Crippen LogP contribution is -1.92. The van der Waals surface area contributed by atoms with E-state index in [1.165, 1.54) is 5.56 Å². The Labute approximate surface area is 74.3 Å². The Morgan fingerprint density at radius 2 is 2.08 bits per heavy atom. The average molecular weight is 170 g/mol. The van der Waals surface area contributed by atoms with Gasteiger partial charge in [-0.3, -0.25) is 4.68 Å². The molecule has 0 bridgehead atoms. The second-order valence-corrected chi connectivity index (χ2v) is 2.37. The van der Waals surface area contributed by atoms with Crippen molar-refractivity contribution in [3.05, 3.63) is 17.5 Å². The second-order valence-electron chi connectivity index (χ2n) is 2.37. The Kier molecular flexibility index (Phi) is 5.37. The smallest absolute Gasteiger partial charge is 0.0910 e. The molecule has 0 aromatic carbocycles. The van der Waals surface area contributed by atoms with Gasteiger partial charge in [-0.2, -0.15) is 5.10 Å². The summed E-state index contributed by atoms with van der Waals surface area (Å²) in [5.41, 5.74) is 2.20. The Bertz CT molecular complexity index is 218. The summed E-state index contributed by atoms with van der Waals surface area (Å²) in [6.45, 7) is 6.63. The highest BCUT2D eigenvalue weighted by Gasteiger charge is 2.00. The van der Waals surface area contributed by atoms with E-state index in [0.717, 1.165) is 5.69 Å². The summed E-state index contributed by atoms with van der Waals surface area (Å²) >= 11 is 0. The van der Waals surface area contributed by atoms with Crippen LogP contribution in [-0.4, -0.2) is 16.9 Å². The second kappa shape index (κ2) is 5.77. The van der Waals surface area contributed by atoms with Crippen LogP contribution in [-0.2, 0) is 18.4 Å². The van der Waals surface area contributed by atoms with Crippen molar-refractivity contribution in [2.24, 2.45) is 7.05 Å².